The number of rotatable bonds is 5. The van der Waals surface area contributed by atoms with Crippen LogP contribution in [0.4, 0.5) is 0 Å². The van der Waals surface area contributed by atoms with E-state index in [4.69, 9.17) is 5.73 Å². The number of carbonyl (C=O) groups excluding carboxylic acids is 2. The Morgan fingerprint density at radius 3 is 2.50 bits per heavy atom. The Balaban J connectivity index is 3.88. The van der Waals surface area contributed by atoms with Gasteiger partial charge in [-0.2, -0.15) is 0 Å². The molecule has 0 aromatic carbocycles. The monoisotopic (exact) mass is 201 g/mol. The molecule has 0 radical (unpaired) electrons. The summed E-state index contributed by atoms with van der Waals surface area (Å²) in [5.41, 5.74) is 5.47. The third kappa shape index (κ3) is 5.53. The van der Waals surface area contributed by atoms with Crippen molar-refractivity contribution in [3.05, 3.63) is 0 Å². The van der Waals surface area contributed by atoms with E-state index in [0.717, 1.165) is 0 Å². The molecule has 0 saturated carbocycles. The number of likely N-dealkylation sites (N-methyl/N-ethyl adjacent to an activating group) is 2. The lowest BCUT2D eigenvalue weighted by atomic mass is 10.2. The van der Waals surface area contributed by atoms with Crippen molar-refractivity contribution in [3.63, 3.8) is 0 Å². The van der Waals surface area contributed by atoms with Crippen LogP contribution in [0.2, 0.25) is 0 Å². The number of hydrogen-bond donors (Lipinski definition) is 2. The van der Waals surface area contributed by atoms with Crippen LogP contribution in [0.1, 0.15) is 20.3 Å². The van der Waals surface area contributed by atoms with Crippen LogP contribution in [0.3, 0.4) is 0 Å². The van der Waals surface area contributed by atoms with Crippen molar-refractivity contribution >= 4 is 11.8 Å². The Labute approximate surface area is 84.6 Å². The Kier molecular flexibility index (Phi) is 5.87. The van der Waals surface area contributed by atoms with Crippen molar-refractivity contribution in [1.29, 1.82) is 0 Å². The molecule has 0 bridgehead atoms. The maximum absolute atomic E-state index is 11.4. The van der Waals surface area contributed by atoms with E-state index < -0.39 is 0 Å². The first-order valence-electron chi connectivity index (χ1n) is 4.73. The first-order chi connectivity index (χ1) is 6.47. The molecule has 1 atom stereocenters. The normalized spacial score (nSPS) is 12.0. The first-order valence-corrected chi connectivity index (χ1v) is 4.73. The van der Waals surface area contributed by atoms with Gasteiger partial charge in [-0.1, -0.05) is 0 Å². The molecule has 2 amide bonds. The van der Waals surface area contributed by atoms with Gasteiger partial charge < -0.3 is 16.0 Å². The molecule has 82 valence electrons. The van der Waals surface area contributed by atoms with Gasteiger partial charge in [0.2, 0.25) is 11.8 Å². The minimum absolute atomic E-state index is 0.0966. The summed E-state index contributed by atoms with van der Waals surface area (Å²) < 4.78 is 0. The van der Waals surface area contributed by atoms with Crippen LogP contribution in [0, 0.1) is 0 Å². The minimum Gasteiger partial charge on any atom is -0.355 e. The Hall–Kier alpha value is -1.10. The number of nitrogens with one attached hydrogen (secondary N) is 1. The third-order valence-electron chi connectivity index (χ3n) is 1.68. The molecule has 5 heteroatoms. The molecule has 5 nitrogen and oxygen atoms in total. The predicted octanol–water partition coefficient (Wildman–Crippen LogP) is -0.682. The SMILES string of the molecule is CCNC(=O)CN(C)C(=O)CC(C)N. The molecule has 0 spiro atoms. The van der Waals surface area contributed by atoms with Crippen molar-refractivity contribution in [1.82, 2.24) is 10.2 Å². The molecule has 1 unspecified atom stereocenters. The molecule has 14 heavy (non-hydrogen) atoms. The largest absolute Gasteiger partial charge is 0.355 e. The summed E-state index contributed by atoms with van der Waals surface area (Å²) >= 11 is 0. The second-order valence-electron chi connectivity index (χ2n) is 3.38. The maximum atomic E-state index is 11.4. The first kappa shape index (κ1) is 12.9. The van der Waals surface area contributed by atoms with Gasteiger partial charge in [0.1, 0.15) is 0 Å². The fourth-order valence-corrected chi connectivity index (χ4v) is 0.988. The summed E-state index contributed by atoms with van der Waals surface area (Å²) in [4.78, 5) is 23.8. The second-order valence-corrected chi connectivity index (χ2v) is 3.38. The van der Waals surface area contributed by atoms with E-state index in [-0.39, 0.29) is 30.8 Å². The molecule has 0 aromatic heterocycles. The fraction of sp³-hybridized carbons (Fsp3) is 0.778. The van der Waals surface area contributed by atoms with E-state index in [1.54, 1.807) is 14.0 Å². The van der Waals surface area contributed by atoms with Crippen LogP contribution in [0.15, 0.2) is 0 Å². The number of nitrogens with zero attached hydrogens (tertiary/aromatic N) is 1. The van der Waals surface area contributed by atoms with Crippen molar-refractivity contribution in [2.45, 2.75) is 26.3 Å². The van der Waals surface area contributed by atoms with Gasteiger partial charge in [0.05, 0.1) is 6.54 Å². The van der Waals surface area contributed by atoms with E-state index in [1.807, 2.05) is 6.92 Å². The maximum Gasteiger partial charge on any atom is 0.239 e. The zero-order valence-electron chi connectivity index (χ0n) is 9.04. The number of amides is 2. The lowest BCUT2D eigenvalue weighted by molar-refractivity contribution is -0.134. The van der Waals surface area contributed by atoms with E-state index in [0.29, 0.717) is 6.54 Å². The predicted molar refractivity (Wildman–Crippen MR) is 54.6 cm³/mol. The van der Waals surface area contributed by atoms with Gasteiger partial charge in [-0.3, -0.25) is 9.59 Å². The molecule has 0 heterocycles. The van der Waals surface area contributed by atoms with E-state index in [2.05, 4.69) is 5.32 Å². The standard InChI is InChI=1S/C9H19N3O2/c1-4-11-8(13)6-12(3)9(14)5-7(2)10/h7H,4-6,10H2,1-3H3,(H,11,13). The van der Waals surface area contributed by atoms with Gasteiger partial charge in [-0.15, -0.1) is 0 Å². The van der Waals surface area contributed by atoms with Gasteiger partial charge in [-0.25, -0.2) is 0 Å². The topological polar surface area (TPSA) is 75.4 Å². The molecule has 0 aromatic rings. The highest BCUT2D eigenvalue weighted by Crippen LogP contribution is 1.93. The summed E-state index contributed by atoms with van der Waals surface area (Å²) in [6, 6.07) is -0.167. The van der Waals surface area contributed by atoms with Gasteiger partial charge >= 0.3 is 0 Å². The molecule has 0 aliphatic carbocycles. The Morgan fingerprint density at radius 2 is 2.07 bits per heavy atom. The van der Waals surface area contributed by atoms with Crippen molar-refractivity contribution in [3.8, 4) is 0 Å². The smallest absolute Gasteiger partial charge is 0.239 e. The lowest BCUT2D eigenvalue weighted by Crippen LogP contribution is -2.39. The van der Waals surface area contributed by atoms with Crippen LogP contribution in [0.25, 0.3) is 0 Å². The van der Waals surface area contributed by atoms with Gasteiger partial charge in [0, 0.05) is 26.1 Å². The quantitative estimate of drug-likeness (QED) is 0.618. The van der Waals surface area contributed by atoms with Crippen LogP contribution in [-0.2, 0) is 9.59 Å². The van der Waals surface area contributed by atoms with Crippen molar-refractivity contribution < 1.29 is 9.59 Å². The van der Waals surface area contributed by atoms with Crippen LogP contribution in [-0.4, -0.2) is 42.9 Å². The highest BCUT2D eigenvalue weighted by atomic mass is 16.2. The fourth-order valence-electron chi connectivity index (χ4n) is 0.988. The van der Waals surface area contributed by atoms with Crippen molar-refractivity contribution in [2.75, 3.05) is 20.1 Å². The number of carbonyl (C=O) groups is 2. The highest BCUT2D eigenvalue weighted by molar-refractivity contribution is 5.84. The van der Waals surface area contributed by atoms with E-state index >= 15 is 0 Å². The van der Waals surface area contributed by atoms with Gasteiger partial charge in [-0.05, 0) is 13.8 Å². The van der Waals surface area contributed by atoms with Gasteiger partial charge in [0.15, 0.2) is 0 Å². The molecule has 0 rings (SSSR count). The average Bonchev–Trinajstić information content (AvgIpc) is 2.02. The van der Waals surface area contributed by atoms with Gasteiger partial charge in [0.25, 0.3) is 0 Å². The molecular formula is C9H19N3O2. The zero-order valence-corrected chi connectivity index (χ0v) is 9.04. The Bertz CT molecular complexity index is 204. The summed E-state index contributed by atoms with van der Waals surface area (Å²) in [6.07, 6.45) is 0.274. The zero-order chi connectivity index (χ0) is 11.1. The molecule has 0 aliphatic rings. The molecular weight excluding hydrogens is 182 g/mol. The second kappa shape index (κ2) is 6.37. The molecule has 3 N–H and O–H groups in total. The number of nitrogens with two attached hydrogens (primary N) is 1. The van der Waals surface area contributed by atoms with E-state index in [1.165, 1.54) is 4.90 Å². The summed E-state index contributed by atoms with van der Waals surface area (Å²) in [7, 11) is 1.60. The summed E-state index contributed by atoms with van der Waals surface area (Å²) in [5, 5.41) is 2.62. The third-order valence-corrected chi connectivity index (χ3v) is 1.68. The Morgan fingerprint density at radius 1 is 1.50 bits per heavy atom. The average molecular weight is 201 g/mol. The van der Waals surface area contributed by atoms with Crippen LogP contribution in [0.5, 0.6) is 0 Å². The molecule has 0 aliphatic heterocycles. The summed E-state index contributed by atoms with van der Waals surface area (Å²) in [5.74, 6) is -0.251. The molecule has 0 saturated heterocycles. The number of hydrogen-bond acceptors (Lipinski definition) is 3. The summed E-state index contributed by atoms with van der Waals surface area (Å²) in [6.45, 7) is 4.27. The van der Waals surface area contributed by atoms with Crippen LogP contribution < -0.4 is 11.1 Å². The lowest BCUT2D eigenvalue weighted by Gasteiger charge is -2.17. The minimum atomic E-state index is -0.167. The van der Waals surface area contributed by atoms with Crippen LogP contribution >= 0.6 is 0 Å². The van der Waals surface area contributed by atoms with E-state index in [9.17, 15) is 9.59 Å². The molecule has 0 fully saturated rings. The van der Waals surface area contributed by atoms with Crippen molar-refractivity contribution in [2.24, 2.45) is 5.73 Å². The highest BCUT2D eigenvalue weighted by Gasteiger charge is 2.13.